The van der Waals surface area contributed by atoms with Gasteiger partial charge in [-0.1, -0.05) is 31.1 Å². The largest absolute Gasteiger partial charge is 0.493 e. The molecule has 2 aliphatic heterocycles. The van der Waals surface area contributed by atoms with Gasteiger partial charge in [0.1, 0.15) is 35.5 Å². The Hall–Kier alpha value is -4.97. The van der Waals surface area contributed by atoms with Crippen molar-refractivity contribution >= 4 is 56.2 Å². The highest BCUT2D eigenvalue weighted by Gasteiger charge is 2.62. The first kappa shape index (κ1) is 40.8. The molecule has 3 N–H and O–H groups in total. The molecule has 1 aromatic carbocycles. The number of alkyl carbamates (subject to hydrolysis) is 1. The van der Waals surface area contributed by atoms with E-state index in [9.17, 15) is 27.6 Å². The molecule has 0 radical (unpaired) electrons. The second-order valence-corrected chi connectivity index (χ2v) is 19.0. The predicted octanol–water partition coefficient (Wildman–Crippen LogP) is 4.76. The number of carbonyl (C=O) groups excluding carboxylic acids is 4. The Morgan fingerprint density at radius 2 is 1.68 bits per heavy atom. The van der Waals surface area contributed by atoms with E-state index in [2.05, 4.69) is 15.4 Å². The van der Waals surface area contributed by atoms with Crippen LogP contribution in [0, 0.1) is 5.92 Å². The standard InChI is InChI=1S/C41H50N6O10S2/c1-54-32-20-29-30(21-33(32)55-2)43-37(35(42-29)34-15-10-18-58-34)56-26-19-31-36(48)45-41(39(50)46-59(52,53)27-16-17-27)22-24(41)11-6-4-3-5-7-14-28(38(49)47(31)23-26)44-40(51)57-25-12-8-9-13-25/h6,10-11,15,18,20-21,24-28,31H,3-5,7-9,12-14,16-17,19,22-23H2,1-2H3,(H,44,51)(H,45,48)(H,46,50)/b11-6+/t24?,26-,28-,31+,41-/m1/s1. The van der Waals surface area contributed by atoms with Crippen molar-refractivity contribution in [1.29, 1.82) is 0 Å². The van der Waals surface area contributed by atoms with Crippen LogP contribution in [0.1, 0.15) is 83.5 Å². The van der Waals surface area contributed by atoms with Gasteiger partial charge in [0.25, 0.3) is 5.91 Å². The van der Waals surface area contributed by atoms with Crippen molar-refractivity contribution in [3.8, 4) is 28.0 Å². The lowest BCUT2D eigenvalue weighted by Crippen LogP contribution is -2.58. The summed E-state index contributed by atoms with van der Waals surface area (Å²) in [6, 6.07) is 5.04. The number of nitrogens with zero attached hydrogens (tertiary/aromatic N) is 3. The zero-order valence-corrected chi connectivity index (χ0v) is 34.8. The molecule has 0 bridgehead atoms. The third-order valence-corrected chi connectivity index (χ3v) is 14.6. The Balaban J connectivity index is 1.12. The van der Waals surface area contributed by atoms with Crippen molar-refractivity contribution in [3.63, 3.8) is 0 Å². The van der Waals surface area contributed by atoms with Gasteiger partial charge in [0.2, 0.25) is 27.7 Å². The fraction of sp³-hybridized carbons (Fsp3) is 0.561. The van der Waals surface area contributed by atoms with E-state index in [1.807, 2.05) is 29.7 Å². The minimum absolute atomic E-state index is 0.00488. The number of hydrogen-bond donors (Lipinski definition) is 3. The number of hydrogen-bond acceptors (Lipinski definition) is 13. The van der Waals surface area contributed by atoms with Gasteiger partial charge in [0, 0.05) is 24.5 Å². The molecule has 5 atom stereocenters. The van der Waals surface area contributed by atoms with Crippen molar-refractivity contribution in [2.45, 2.75) is 119 Å². The summed E-state index contributed by atoms with van der Waals surface area (Å²) in [5.74, 6) is -1.27. The van der Waals surface area contributed by atoms with Gasteiger partial charge in [-0.2, -0.15) is 0 Å². The summed E-state index contributed by atoms with van der Waals surface area (Å²) in [6.45, 7) is -0.0547. The predicted molar refractivity (Wildman–Crippen MR) is 217 cm³/mol. The van der Waals surface area contributed by atoms with Crippen LogP contribution < -0.4 is 29.6 Å². The van der Waals surface area contributed by atoms with Gasteiger partial charge in [-0.05, 0) is 75.7 Å². The Kier molecular flexibility index (Phi) is 11.7. The zero-order valence-electron chi connectivity index (χ0n) is 33.1. The molecular weight excluding hydrogens is 801 g/mol. The minimum Gasteiger partial charge on any atom is -0.493 e. The normalized spacial score (nSPS) is 27.1. The van der Waals surface area contributed by atoms with Gasteiger partial charge in [0.15, 0.2) is 11.5 Å². The van der Waals surface area contributed by atoms with Gasteiger partial charge in [-0.3, -0.25) is 19.1 Å². The number of methoxy groups -OCH3 is 2. The molecule has 3 aliphatic carbocycles. The molecule has 3 aromatic rings. The maximum atomic E-state index is 14.7. The number of benzene rings is 1. The molecule has 16 nitrogen and oxygen atoms in total. The van der Waals surface area contributed by atoms with Crippen LogP contribution >= 0.6 is 11.3 Å². The van der Waals surface area contributed by atoms with Crippen molar-refractivity contribution in [1.82, 2.24) is 30.2 Å². The third kappa shape index (κ3) is 8.83. The van der Waals surface area contributed by atoms with E-state index in [0.717, 1.165) is 43.4 Å². The summed E-state index contributed by atoms with van der Waals surface area (Å²) in [7, 11) is -0.859. The number of aromatic nitrogens is 2. The fourth-order valence-electron chi connectivity index (χ4n) is 8.36. The summed E-state index contributed by atoms with van der Waals surface area (Å²) in [5.41, 5.74) is -0.0748. The van der Waals surface area contributed by atoms with Crippen LogP contribution in [0.25, 0.3) is 21.6 Å². The number of ether oxygens (including phenoxy) is 4. The van der Waals surface area contributed by atoms with Crippen molar-refractivity contribution in [2.75, 3.05) is 20.8 Å². The highest BCUT2D eigenvalue weighted by Crippen LogP contribution is 2.46. The van der Waals surface area contributed by atoms with Gasteiger partial charge in [0.05, 0.1) is 41.9 Å². The first-order valence-electron chi connectivity index (χ1n) is 20.4. The SMILES string of the molecule is COc1cc2nc(O[C@@H]3C[C@H]4C(=O)N[C@]5(C(=O)NS(=O)(=O)C6CC6)CC5/C=C/CCCCC[C@@H](NC(=O)OC5CCCC5)C(=O)N4C3)c(-c3cccs3)nc2cc1OC. The number of carbonyl (C=O) groups is 4. The lowest BCUT2D eigenvalue weighted by Gasteiger charge is -2.30. The average molecular weight is 851 g/mol. The molecule has 3 saturated carbocycles. The van der Waals surface area contributed by atoms with Crippen LogP contribution in [0.3, 0.4) is 0 Å². The maximum absolute atomic E-state index is 14.7. The molecule has 5 aliphatic rings. The Bertz CT molecular complexity index is 2230. The zero-order chi connectivity index (χ0) is 41.3. The van der Waals surface area contributed by atoms with Crippen LogP contribution in [0.5, 0.6) is 17.4 Å². The maximum Gasteiger partial charge on any atom is 0.408 e. The van der Waals surface area contributed by atoms with Gasteiger partial charge < -0.3 is 34.5 Å². The smallest absolute Gasteiger partial charge is 0.408 e. The van der Waals surface area contributed by atoms with Crippen LogP contribution in [0.2, 0.25) is 0 Å². The molecule has 4 fully saturated rings. The monoisotopic (exact) mass is 850 g/mol. The van der Waals surface area contributed by atoms with E-state index in [1.165, 1.54) is 30.5 Å². The van der Waals surface area contributed by atoms with Crippen LogP contribution in [0.15, 0.2) is 41.8 Å². The Morgan fingerprint density at radius 3 is 2.37 bits per heavy atom. The number of rotatable bonds is 10. The second kappa shape index (κ2) is 17.0. The summed E-state index contributed by atoms with van der Waals surface area (Å²) in [4.78, 5) is 68.3. The average Bonchev–Trinajstić information content (AvgIpc) is 3.95. The van der Waals surface area contributed by atoms with Crippen molar-refractivity contribution in [3.05, 3.63) is 41.8 Å². The molecule has 1 unspecified atom stereocenters. The number of thiophene rings is 1. The minimum atomic E-state index is -3.91. The molecule has 8 rings (SSSR count). The van der Waals surface area contributed by atoms with Crippen molar-refractivity contribution in [2.24, 2.45) is 5.92 Å². The van der Waals surface area contributed by atoms with E-state index < -0.39 is 68.7 Å². The van der Waals surface area contributed by atoms with E-state index in [-0.39, 0.29) is 31.4 Å². The van der Waals surface area contributed by atoms with E-state index in [0.29, 0.717) is 60.3 Å². The molecule has 18 heteroatoms. The molecule has 59 heavy (non-hydrogen) atoms. The molecular formula is C41H50N6O10S2. The highest BCUT2D eigenvalue weighted by atomic mass is 32.2. The van der Waals surface area contributed by atoms with Crippen LogP contribution in [-0.2, 0) is 29.1 Å². The van der Waals surface area contributed by atoms with Crippen LogP contribution in [0.4, 0.5) is 4.79 Å². The second-order valence-electron chi connectivity index (χ2n) is 16.1. The highest BCUT2D eigenvalue weighted by molar-refractivity contribution is 7.91. The molecule has 1 saturated heterocycles. The van der Waals surface area contributed by atoms with Gasteiger partial charge in [-0.25, -0.2) is 23.2 Å². The number of sulfonamides is 1. The van der Waals surface area contributed by atoms with E-state index >= 15 is 0 Å². The Labute approximate surface area is 346 Å². The summed E-state index contributed by atoms with van der Waals surface area (Å²) >= 11 is 1.44. The van der Waals surface area contributed by atoms with E-state index in [4.69, 9.17) is 28.9 Å². The summed E-state index contributed by atoms with van der Waals surface area (Å²) in [6.07, 6.45) is 9.90. The topological polar surface area (TPSA) is 204 Å². The first-order valence-corrected chi connectivity index (χ1v) is 22.9. The lowest BCUT2D eigenvalue weighted by molar-refractivity contribution is -0.141. The lowest BCUT2D eigenvalue weighted by atomic mass is 10.0. The van der Waals surface area contributed by atoms with Gasteiger partial charge in [-0.15, -0.1) is 11.3 Å². The first-order chi connectivity index (χ1) is 28.5. The third-order valence-electron chi connectivity index (χ3n) is 11.9. The quantitative estimate of drug-likeness (QED) is 0.236. The summed E-state index contributed by atoms with van der Waals surface area (Å²) < 4.78 is 51.4. The molecule has 2 aromatic heterocycles. The van der Waals surface area contributed by atoms with Crippen molar-refractivity contribution < 1.29 is 46.5 Å². The number of fused-ring (bicyclic) bond motifs is 3. The number of nitrogens with one attached hydrogen (secondary N) is 3. The molecule has 4 heterocycles. The van der Waals surface area contributed by atoms with Gasteiger partial charge >= 0.3 is 6.09 Å². The molecule has 316 valence electrons. The Morgan fingerprint density at radius 1 is 0.949 bits per heavy atom. The van der Waals surface area contributed by atoms with E-state index in [1.54, 1.807) is 12.1 Å². The molecule has 0 spiro atoms. The van der Waals surface area contributed by atoms with Crippen LogP contribution in [-0.4, -0.2) is 103 Å². The number of allylic oxidation sites excluding steroid dienone is 1. The fourth-order valence-corrected chi connectivity index (χ4v) is 10.4. The summed E-state index contributed by atoms with van der Waals surface area (Å²) in [5, 5.41) is 6.99. The number of amides is 4. The molecule has 4 amide bonds.